The number of halogens is 1. The minimum absolute atomic E-state index is 0.145. The number of pyridine rings is 1. The van der Waals surface area contributed by atoms with Crippen LogP contribution in [0.4, 0.5) is 4.39 Å². The van der Waals surface area contributed by atoms with E-state index < -0.39 is 5.95 Å². The van der Waals surface area contributed by atoms with Crippen LogP contribution in [0.1, 0.15) is 12.2 Å². The Balaban J connectivity index is 2.25. The number of fused-ring (bicyclic) bond motifs is 3. The molecule has 1 aliphatic rings. The van der Waals surface area contributed by atoms with Gasteiger partial charge in [-0.3, -0.25) is 0 Å². The lowest BCUT2D eigenvalue weighted by Gasteiger charge is -2.20. The molecule has 4 nitrogen and oxygen atoms in total. The molecule has 78 valence electrons. The monoisotopic (exact) mass is 206 g/mol. The van der Waals surface area contributed by atoms with E-state index in [0.29, 0.717) is 0 Å². The van der Waals surface area contributed by atoms with Crippen molar-refractivity contribution in [1.29, 1.82) is 0 Å². The number of rotatable bonds is 0. The molecular formula is C10H11FN4. The molecule has 1 atom stereocenters. The molecule has 5 heteroatoms. The largest absolute Gasteiger partial charge is 0.326 e. The molecule has 0 saturated heterocycles. The quantitative estimate of drug-likeness (QED) is 0.650. The fourth-order valence-electron chi connectivity index (χ4n) is 2.09. The van der Waals surface area contributed by atoms with Gasteiger partial charge in [0.15, 0.2) is 0 Å². The zero-order valence-corrected chi connectivity index (χ0v) is 8.15. The Bertz CT molecular complexity index is 519. The number of aryl methyl sites for hydroxylation is 1. The first kappa shape index (κ1) is 8.79. The van der Waals surface area contributed by atoms with Crippen molar-refractivity contribution >= 4 is 11.0 Å². The van der Waals surface area contributed by atoms with Crippen LogP contribution in [0.15, 0.2) is 12.3 Å². The maximum atomic E-state index is 13.0. The number of hydrogen-bond acceptors (Lipinski definition) is 3. The molecule has 0 amide bonds. The molecule has 15 heavy (non-hydrogen) atoms. The third-order valence-corrected chi connectivity index (χ3v) is 2.84. The second kappa shape index (κ2) is 3.00. The van der Waals surface area contributed by atoms with Gasteiger partial charge in [0.05, 0.1) is 11.7 Å². The lowest BCUT2D eigenvalue weighted by atomic mass is 10.1. The van der Waals surface area contributed by atoms with Gasteiger partial charge in [-0.2, -0.15) is 4.39 Å². The normalized spacial score (nSPS) is 20.5. The van der Waals surface area contributed by atoms with Crippen molar-refractivity contribution in [2.75, 3.05) is 0 Å². The van der Waals surface area contributed by atoms with E-state index in [1.54, 1.807) is 0 Å². The molecule has 1 aliphatic heterocycles. The lowest BCUT2D eigenvalue weighted by molar-refractivity contribution is 0.461. The van der Waals surface area contributed by atoms with Crippen molar-refractivity contribution in [2.45, 2.75) is 25.4 Å². The van der Waals surface area contributed by atoms with Crippen LogP contribution < -0.4 is 5.73 Å². The molecule has 0 saturated carbocycles. The van der Waals surface area contributed by atoms with Crippen molar-refractivity contribution < 1.29 is 4.39 Å². The van der Waals surface area contributed by atoms with Crippen LogP contribution in [-0.4, -0.2) is 20.6 Å². The molecule has 0 aromatic carbocycles. The van der Waals surface area contributed by atoms with E-state index in [4.69, 9.17) is 5.73 Å². The average Bonchev–Trinajstić information content (AvgIpc) is 2.56. The van der Waals surface area contributed by atoms with Gasteiger partial charge in [0.1, 0.15) is 11.3 Å². The second-order valence-corrected chi connectivity index (χ2v) is 3.93. The molecule has 0 aliphatic carbocycles. The summed E-state index contributed by atoms with van der Waals surface area (Å²) in [6, 6.07) is 1.57. The topological polar surface area (TPSA) is 56.7 Å². The zero-order valence-electron chi connectivity index (χ0n) is 8.15. The Morgan fingerprint density at radius 2 is 2.40 bits per heavy atom. The number of nitrogens with zero attached hydrogens (tertiary/aromatic N) is 3. The van der Waals surface area contributed by atoms with Gasteiger partial charge in [-0.05, 0) is 6.42 Å². The number of imidazole rings is 1. The molecule has 2 N–H and O–H groups in total. The van der Waals surface area contributed by atoms with E-state index >= 15 is 0 Å². The Morgan fingerprint density at radius 3 is 3.27 bits per heavy atom. The van der Waals surface area contributed by atoms with Crippen LogP contribution in [0, 0.1) is 5.95 Å². The minimum atomic E-state index is -0.468. The molecule has 0 bridgehead atoms. The fourth-order valence-corrected chi connectivity index (χ4v) is 2.09. The van der Waals surface area contributed by atoms with Gasteiger partial charge in [-0.15, -0.1) is 0 Å². The fraction of sp³-hybridized carbons (Fsp3) is 0.400. The summed E-state index contributed by atoms with van der Waals surface area (Å²) in [7, 11) is 0. The average molecular weight is 206 g/mol. The highest BCUT2D eigenvalue weighted by Gasteiger charge is 2.19. The van der Waals surface area contributed by atoms with Crippen LogP contribution in [0.5, 0.6) is 0 Å². The summed E-state index contributed by atoms with van der Waals surface area (Å²) in [6.07, 6.45) is 3.28. The van der Waals surface area contributed by atoms with E-state index in [9.17, 15) is 4.39 Å². The first-order valence-electron chi connectivity index (χ1n) is 5.00. The summed E-state index contributed by atoms with van der Waals surface area (Å²) in [6.45, 7) is 0.718. The number of hydrogen-bond donors (Lipinski definition) is 1. The van der Waals surface area contributed by atoms with Crippen LogP contribution in [0.3, 0.4) is 0 Å². The second-order valence-electron chi connectivity index (χ2n) is 3.93. The lowest BCUT2D eigenvalue weighted by Crippen LogP contribution is -2.31. The minimum Gasteiger partial charge on any atom is -0.326 e. The predicted molar refractivity (Wildman–Crippen MR) is 53.8 cm³/mol. The molecule has 3 rings (SSSR count). The molecule has 0 radical (unpaired) electrons. The predicted octanol–water partition coefficient (Wildman–Crippen LogP) is 0.844. The van der Waals surface area contributed by atoms with Crippen LogP contribution in [0.25, 0.3) is 11.0 Å². The van der Waals surface area contributed by atoms with Gasteiger partial charge in [0.25, 0.3) is 0 Å². The first-order chi connectivity index (χ1) is 7.24. The van der Waals surface area contributed by atoms with E-state index in [1.807, 2.05) is 4.57 Å². The molecule has 2 aromatic rings. The van der Waals surface area contributed by atoms with Gasteiger partial charge < -0.3 is 10.3 Å². The third kappa shape index (κ3) is 1.31. The molecule has 0 unspecified atom stereocenters. The highest BCUT2D eigenvalue weighted by atomic mass is 19.1. The molecule has 3 heterocycles. The van der Waals surface area contributed by atoms with E-state index in [1.165, 1.54) is 12.3 Å². The van der Waals surface area contributed by atoms with Crippen molar-refractivity contribution in [1.82, 2.24) is 14.5 Å². The highest BCUT2D eigenvalue weighted by Crippen LogP contribution is 2.21. The van der Waals surface area contributed by atoms with Crippen molar-refractivity contribution in [2.24, 2.45) is 5.73 Å². The molecular weight excluding hydrogens is 195 g/mol. The van der Waals surface area contributed by atoms with Crippen LogP contribution in [-0.2, 0) is 13.0 Å². The highest BCUT2D eigenvalue weighted by molar-refractivity contribution is 5.75. The van der Waals surface area contributed by atoms with E-state index in [0.717, 1.165) is 36.2 Å². The Hall–Kier alpha value is -1.49. The van der Waals surface area contributed by atoms with Gasteiger partial charge >= 0.3 is 0 Å². The zero-order chi connectivity index (χ0) is 10.4. The summed E-state index contributed by atoms with van der Waals surface area (Å²) < 4.78 is 15.0. The van der Waals surface area contributed by atoms with Gasteiger partial charge in [-0.1, -0.05) is 0 Å². The molecule has 0 spiro atoms. The summed E-state index contributed by atoms with van der Waals surface area (Å²) in [5.41, 5.74) is 7.43. The van der Waals surface area contributed by atoms with Gasteiger partial charge in [-0.25, -0.2) is 9.97 Å². The van der Waals surface area contributed by atoms with Gasteiger partial charge in [0.2, 0.25) is 5.95 Å². The van der Waals surface area contributed by atoms with Crippen molar-refractivity contribution in [3.05, 3.63) is 24.0 Å². The Kier molecular flexibility index (Phi) is 1.76. The molecule has 0 fully saturated rings. The number of aromatic nitrogens is 3. The van der Waals surface area contributed by atoms with Crippen LogP contribution in [0.2, 0.25) is 0 Å². The summed E-state index contributed by atoms with van der Waals surface area (Å²) >= 11 is 0. The van der Waals surface area contributed by atoms with Crippen LogP contribution >= 0.6 is 0 Å². The SMILES string of the molecule is N[C@@H]1CCc2nc3cnc(F)cc3n2C1. The van der Waals surface area contributed by atoms with Crippen molar-refractivity contribution in [3.63, 3.8) is 0 Å². The van der Waals surface area contributed by atoms with E-state index in [2.05, 4.69) is 9.97 Å². The van der Waals surface area contributed by atoms with Gasteiger partial charge in [0, 0.05) is 25.1 Å². The maximum absolute atomic E-state index is 13.0. The smallest absolute Gasteiger partial charge is 0.215 e. The molecule has 2 aromatic heterocycles. The van der Waals surface area contributed by atoms with E-state index in [-0.39, 0.29) is 6.04 Å². The number of nitrogens with two attached hydrogens (primary N) is 1. The summed E-state index contributed by atoms with van der Waals surface area (Å²) in [5.74, 6) is 0.517. The van der Waals surface area contributed by atoms with Crippen molar-refractivity contribution in [3.8, 4) is 0 Å². The first-order valence-corrected chi connectivity index (χ1v) is 5.00. The third-order valence-electron chi connectivity index (χ3n) is 2.84. The Labute approximate surface area is 85.9 Å². The summed E-state index contributed by atoms with van der Waals surface area (Å²) in [5, 5.41) is 0. The Morgan fingerprint density at radius 1 is 1.53 bits per heavy atom. The summed E-state index contributed by atoms with van der Waals surface area (Å²) in [4.78, 5) is 8.00. The standard InChI is InChI=1S/C10H11FN4/c11-9-3-8-7(4-13-9)14-10-2-1-6(12)5-15(8)10/h3-4,6H,1-2,5,12H2/t6-/m1/s1. The maximum Gasteiger partial charge on any atom is 0.215 e.